The first-order chi connectivity index (χ1) is 7.24. The third-order valence-corrected chi connectivity index (χ3v) is 1.88. The molecule has 0 spiro atoms. The zero-order valence-electron chi connectivity index (χ0n) is 8.79. The Labute approximate surface area is 89.0 Å². The monoisotopic (exact) mass is 208 g/mol. The number of nitrogens with one attached hydrogen (secondary N) is 3. The van der Waals surface area contributed by atoms with Crippen LogP contribution in [-0.4, -0.2) is 29.0 Å². The minimum absolute atomic E-state index is 0.0549. The Hall–Kier alpha value is -1.62. The molecule has 0 saturated carbocycles. The van der Waals surface area contributed by atoms with Gasteiger partial charge >= 0.3 is 0 Å². The fourth-order valence-electron chi connectivity index (χ4n) is 1.16. The van der Waals surface area contributed by atoms with Crippen LogP contribution < -0.4 is 10.6 Å². The van der Waals surface area contributed by atoms with Crippen molar-refractivity contribution in [2.45, 2.75) is 13.0 Å². The van der Waals surface area contributed by atoms with E-state index in [0.717, 1.165) is 5.82 Å². The highest BCUT2D eigenvalue weighted by molar-refractivity contribution is 5.78. The van der Waals surface area contributed by atoms with Crippen molar-refractivity contribution >= 4 is 5.91 Å². The largest absolute Gasteiger partial charge is 0.347 e. The molecule has 5 nitrogen and oxygen atoms in total. The van der Waals surface area contributed by atoms with Crippen LogP contribution in [0.5, 0.6) is 0 Å². The van der Waals surface area contributed by atoms with E-state index in [0.29, 0.717) is 6.54 Å². The van der Waals surface area contributed by atoms with Gasteiger partial charge in [0.1, 0.15) is 5.82 Å². The molecular formula is C10H16N4O. The molecule has 82 valence electrons. The van der Waals surface area contributed by atoms with Crippen LogP contribution in [0.25, 0.3) is 0 Å². The average Bonchev–Trinajstić information content (AvgIpc) is 2.70. The van der Waals surface area contributed by atoms with Gasteiger partial charge in [-0.2, -0.15) is 0 Å². The molecule has 0 aromatic carbocycles. The number of hydrogen-bond donors (Lipinski definition) is 3. The summed E-state index contributed by atoms with van der Waals surface area (Å²) in [5.74, 6) is 0.702. The molecule has 1 heterocycles. The molecule has 1 aromatic rings. The number of aromatic nitrogens is 2. The zero-order chi connectivity index (χ0) is 11.1. The lowest BCUT2D eigenvalue weighted by Gasteiger charge is -2.11. The first-order valence-electron chi connectivity index (χ1n) is 4.84. The van der Waals surface area contributed by atoms with Gasteiger partial charge in [0.15, 0.2) is 0 Å². The molecule has 3 N–H and O–H groups in total. The Kier molecular flexibility index (Phi) is 4.56. The minimum Gasteiger partial charge on any atom is -0.347 e. The van der Waals surface area contributed by atoms with Gasteiger partial charge in [0.05, 0.1) is 12.6 Å². The van der Waals surface area contributed by atoms with Crippen LogP contribution in [0.15, 0.2) is 25.0 Å². The van der Waals surface area contributed by atoms with E-state index in [9.17, 15) is 4.79 Å². The van der Waals surface area contributed by atoms with Gasteiger partial charge in [0.25, 0.3) is 0 Å². The predicted molar refractivity (Wildman–Crippen MR) is 58.2 cm³/mol. The van der Waals surface area contributed by atoms with E-state index in [1.807, 2.05) is 6.92 Å². The lowest BCUT2D eigenvalue weighted by Crippen LogP contribution is -2.35. The summed E-state index contributed by atoms with van der Waals surface area (Å²) >= 11 is 0. The second-order valence-electron chi connectivity index (χ2n) is 3.18. The molecule has 1 amide bonds. The third-order valence-electron chi connectivity index (χ3n) is 1.88. The molecule has 15 heavy (non-hydrogen) atoms. The van der Waals surface area contributed by atoms with Crippen molar-refractivity contribution in [3.05, 3.63) is 30.9 Å². The molecule has 0 bridgehead atoms. The second-order valence-corrected chi connectivity index (χ2v) is 3.18. The minimum atomic E-state index is -0.0990. The fourth-order valence-corrected chi connectivity index (χ4v) is 1.16. The van der Waals surface area contributed by atoms with Crippen molar-refractivity contribution in [2.24, 2.45) is 0 Å². The number of carbonyl (C=O) groups excluding carboxylic acids is 1. The zero-order valence-corrected chi connectivity index (χ0v) is 8.79. The Morgan fingerprint density at radius 3 is 3.20 bits per heavy atom. The highest BCUT2D eigenvalue weighted by Crippen LogP contribution is 2.03. The molecule has 5 heteroatoms. The van der Waals surface area contributed by atoms with Crippen LogP contribution in [0.4, 0.5) is 0 Å². The second kappa shape index (κ2) is 5.98. The summed E-state index contributed by atoms with van der Waals surface area (Å²) in [5, 5.41) is 5.74. The molecule has 1 atom stereocenters. The van der Waals surface area contributed by atoms with Crippen molar-refractivity contribution in [3.8, 4) is 0 Å². The topological polar surface area (TPSA) is 69.8 Å². The Morgan fingerprint density at radius 2 is 2.60 bits per heavy atom. The first kappa shape index (κ1) is 11.5. The highest BCUT2D eigenvalue weighted by Gasteiger charge is 2.10. The maximum absolute atomic E-state index is 11.4. The van der Waals surface area contributed by atoms with Gasteiger partial charge < -0.3 is 15.6 Å². The molecule has 0 radical (unpaired) electrons. The number of rotatable bonds is 6. The van der Waals surface area contributed by atoms with Crippen molar-refractivity contribution in [1.29, 1.82) is 0 Å². The van der Waals surface area contributed by atoms with Crippen LogP contribution in [0.3, 0.4) is 0 Å². The van der Waals surface area contributed by atoms with Gasteiger partial charge in [-0.05, 0) is 6.92 Å². The van der Waals surface area contributed by atoms with E-state index in [1.54, 1.807) is 18.5 Å². The van der Waals surface area contributed by atoms with Gasteiger partial charge in [-0.15, -0.1) is 6.58 Å². The van der Waals surface area contributed by atoms with Crippen molar-refractivity contribution < 1.29 is 4.79 Å². The van der Waals surface area contributed by atoms with Gasteiger partial charge in [-0.25, -0.2) is 4.98 Å². The standard InChI is InChI=1S/C10H16N4O/c1-3-4-11-7-9(15)14-8(2)10-12-5-6-13-10/h3,5-6,8,11H,1,4,7H2,2H3,(H,12,13)(H,14,15). The number of nitrogens with zero attached hydrogens (tertiary/aromatic N) is 1. The molecule has 1 unspecified atom stereocenters. The smallest absolute Gasteiger partial charge is 0.234 e. The van der Waals surface area contributed by atoms with Crippen LogP contribution in [0.1, 0.15) is 18.8 Å². The molecule has 1 rings (SSSR count). The van der Waals surface area contributed by atoms with Gasteiger partial charge in [-0.3, -0.25) is 4.79 Å². The Bertz CT molecular complexity index is 307. The first-order valence-corrected chi connectivity index (χ1v) is 4.84. The van der Waals surface area contributed by atoms with E-state index >= 15 is 0 Å². The summed E-state index contributed by atoms with van der Waals surface area (Å²) < 4.78 is 0. The quantitative estimate of drug-likeness (QED) is 0.467. The molecule has 0 fully saturated rings. The van der Waals surface area contributed by atoms with E-state index in [1.165, 1.54) is 0 Å². The Balaban J connectivity index is 2.28. The molecule has 0 aliphatic rings. The van der Waals surface area contributed by atoms with Crippen LogP contribution in [-0.2, 0) is 4.79 Å². The van der Waals surface area contributed by atoms with Crippen molar-refractivity contribution in [1.82, 2.24) is 20.6 Å². The number of H-pyrrole nitrogens is 1. The summed E-state index contributed by atoms with van der Waals surface area (Å²) in [7, 11) is 0. The van der Waals surface area contributed by atoms with E-state index in [2.05, 4.69) is 27.2 Å². The van der Waals surface area contributed by atoms with Gasteiger partial charge in [-0.1, -0.05) is 6.08 Å². The third kappa shape index (κ3) is 3.95. The van der Waals surface area contributed by atoms with Crippen LogP contribution in [0, 0.1) is 0 Å². The fraction of sp³-hybridized carbons (Fsp3) is 0.400. The normalized spacial score (nSPS) is 12.1. The van der Waals surface area contributed by atoms with E-state index < -0.39 is 0 Å². The van der Waals surface area contributed by atoms with E-state index in [4.69, 9.17) is 0 Å². The number of carbonyl (C=O) groups is 1. The molecule has 1 aromatic heterocycles. The summed E-state index contributed by atoms with van der Waals surface area (Å²) in [6, 6.07) is -0.0990. The number of amides is 1. The Morgan fingerprint density at radius 1 is 1.80 bits per heavy atom. The lowest BCUT2D eigenvalue weighted by atomic mass is 10.3. The summed E-state index contributed by atoms with van der Waals surface area (Å²) in [6.45, 7) is 6.35. The molecule has 0 saturated heterocycles. The number of aromatic amines is 1. The summed E-state index contributed by atoms with van der Waals surface area (Å²) in [5.41, 5.74) is 0. The van der Waals surface area contributed by atoms with Gasteiger partial charge in [0, 0.05) is 18.9 Å². The van der Waals surface area contributed by atoms with Crippen molar-refractivity contribution in [3.63, 3.8) is 0 Å². The predicted octanol–water partition coefficient (Wildman–Crippen LogP) is 0.362. The molecule has 0 aliphatic heterocycles. The van der Waals surface area contributed by atoms with Gasteiger partial charge in [0.2, 0.25) is 5.91 Å². The van der Waals surface area contributed by atoms with Crippen LogP contribution >= 0.6 is 0 Å². The maximum atomic E-state index is 11.4. The highest BCUT2D eigenvalue weighted by atomic mass is 16.1. The maximum Gasteiger partial charge on any atom is 0.234 e. The molecule has 0 aliphatic carbocycles. The summed E-state index contributed by atoms with van der Waals surface area (Å²) in [6.07, 6.45) is 5.10. The SMILES string of the molecule is C=CCNCC(=O)NC(C)c1ncc[nH]1. The number of hydrogen-bond acceptors (Lipinski definition) is 3. The lowest BCUT2D eigenvalue weighted by molar-refractivity contribution is -0.120. The molecular weight excluding hydrogens is 192 g/mol. The number of imidazole rings is 1. The summed E-state index contributed by atoms with van der Waals surface area (Å²) in [4.78, 5) is 18.4. The van der Waals surface area contributed by atoms with Crippen molar-refractivity contribution in [2.75, 3.05) is 13.1 Å². The average molecular weight is 208 g/mol. The van der Waals surface area contributed by atoms with Crippen LogP contribution in [0.2, 0.25) is 0 Å². The van der Waals surface area contributed by atoms with E-state index in [-0.39, 0.29) is 18.5 Å².